The standard InChI is InChI=1S/C24H24F5N5O/c1-34(2)21-17-11-18(25)19(26)12-20(17)32-23(33-21)31-16-8-6-15(7-9-16)30-22(35)13-4-3-5-14(10-13)24(27,28)29/h3-5,10-12,15-16H,6-9H2,1-2H3,(H,30,35)(H,31,32,33)/t15-,16+. The molecule has 2 N–H and O–H groups in total. The van der Waals surface area contributed by atoms with E-state index in [1.807, 2.05) is 0 Å². The summed E-state index contributed by atoms with van der Waals surface area (Å²) in [5.74, 6) is -1.79. The van der Waals surface area contributed by atoms with Gasteiger partial charge in [0.2, 0.25) is 5.95 Å². The Bertz CT molecular complexity index is 1240. The zero-order valence-corrected chi connectivity index (χ0v) is 19.1. The zero-order chi connectivity index (χ0) is 25.3. The van der Waals surface area contributed by atoms with Crippen molar-refractivity contribution in [3.05, 3.63) is 59.2 Å². The quantitative estimate of drug-likeness (QED) is 0.482. The van der Waals surface area contributed by atoms with Gasteiger partial charge in [-0.1, -0.05) is 6.07 Å². The number of hydrogen-bond donors (Lipinski definition) is 2. The van der Waals surface area contributed by atoms with Crippen LogP contribution >= 0.6 is 0 Å². The van der Waals surface area contributed by atoms with E-state index in [9.17, 15) is 26.7 Å². The van der Waals surface area contributed by atoms with Crippen molar-refractivity contribution in [2.75, 3.05) is 24.3 Å². The normalized spacial score (nSPS) is 18.4. The Labute approximate surface area is 198 Å². The number of anilines is 2. The van der Waals surface area contributed by atoms with Crippen LogP contribution in [-0.4, -0.2) is 42.1 Å². The van der Waals surface area contributed by atoms with E-state index in [1.165, 1.54) is 12.1 Å². The number of fused-ring (bicyclic) bond motifs is 1. The molecule has 1 fully saturated rings. The van der Waals surface area contributed by atoms with Gasteiger partial charge in [-0.25, -0.2) is 13.8 Å². The molecule has 0 spiro atoms. The van der Waals surface area contributed by atoms with E-state index in [0.717, 1.165) is 24.3 Å². The Balaban J connectivity index is 1.40. The van der Waals surface area contributed by atoms with Crippen molar-refractivity contribution in [1.29, 1.82) is 0 Å². The third kappa shape index (κ3) is 5.60. The van der Waals surface area contributed by atoms with Gasteiger partial charge in [0.1, 0.15) is 5.82 Å². The first-order chi connectivity index (χ1) is 16.5. The van der Waals surface area contributed by atoms with Gasteiger partial charge < -0.3 is 15.5 Å². The minimum absolute atomic E-state index is 0.0190. The molecule has 0 unspecified atom stereocenters. The molecule has 1 saturated carbocycles. The number of benzene rings is 2. The van der Waals surface area contributed by atoms with Gasteiger partial charge in [0, 0.05) is 43.2 Å². The zero-order valence-electron chi connectivity index (χ0n) is 19.1. The molecule has 0 radical (unpaired) electrons. The van der Waals surface area contributed by atoms with Gasteiger partial charge in [-0.2, -0.15) is 18.2 Å². The Morgan fingerprint density at radius 3 is 2.29 bits per heavy atom. The third-order valence-corrected chi connectivity index (χ3v) is 5.99. The Hall–Kier alpha value is -3.50. The van der Waals surface area contributed by atoms with Crippen molar-refractivity contribution < 1.29 is 26.7 Å². The smallest absolute Gasteiger partial charge is 0.362 e. The van der Waals surface area contributed by atoms with E-state index in [0.29, 0.717) is 36.9 Å². The first-order valence-electron chi connectivity index (χ1n) is 11.1. The van der Waals surface area contributed by atoms with Gasteiger partial charge in [-0.05, 0) is 49.9 Å². The summed E-state index contributed by atoms with van der Waals surface area (Å²) < 4.78 is 66.2. The molecular weight excluding hydrogens is 469 g/mol. The first-order valence-corrected chi connectivity index (χ1v) is 11.1. The highest BCUT2D eigenvalue weighted by atomic mass is 19.4. The summed E-state index contributed by atoms with van der Waals surface area (Å²) in [5, 5.41) is 6.43. The molecule has 3 aromatic rings. The number of nitrogens with one attached hydrogen (secondary N) is 2. The third-order valence-electron chi connectivity index (χ3n) is 5.99. The van der Waals surface area contributed by atoms with E-state index in [1.54, 1.807) is 19.0 Å². The summed E-state index contributed by atoms with van der Waals surface area (Å²) in [6, 6.07) is 6.24. The maximum atomic E-state index is 13.8. The first kappa shape index (κ1) is 24.6. The lowest BCUT2D eigenvalue weighted by atomic mass is 9.91. The van der Waals surface area contributed by atoms with Crippen molar-refractivity contribution >= 4 is 28.6 Å². The highest BCUT2D eigenvalue weighted by Gasteiger charge is 2.31. The Kier molecular flexibility index (Phi) is 6.77. The largest absolute Gasteiger partial charge is 0.416 e. The lowest BCUT2D eigenvalue weighted by Gasteiger charge is -2.30. The maximum absolute atomic E-state index is 13.8. The van der Waals surface area contributed by atoms with Crippen molar-refractivity contribution in [1.82, 2.24) is 15.3 Å². The minimum Gasteiger partial charge on any atom is -0.362 e. The van der Waals surface area contributed by atoms with Crippen molar-refractivity contribution in [3.63, 3.8) is 0 Å². The molecule has 6 nitrogen and oxygen atoms in total. The van der Waals surface area contributed by atoms with E-state index in [4.69, 9.17) is 0 Å². The van der Waals surface area contributed by atoms with Crippen molar-refractivity contribution in [2.45, 2.75) is 43.9 Å². The van der Waals surface area contributed by atoms with Crippen LogP contribution in [0.3, 0.4) is 0 Å². The fourth-order valence-corrected chi connectivity index (χ4v) is 4.18. The number of rotatable bonds is 5. The second-order valence-corrected chi connectivity index (χ2v) is 8.79. The van der Waals surface area contributed by atoms with E-state index in [2.05, 4.69) is 20.6 Å². The van der Waals surface area contributed by atoms with Gasteiger partial charge in [0.15, 0.2) is 11.6 Å². The van der Waals surface area contributed by atoms with E-state index >= 15 is 0 Å². The van der Waals surface area contributed by atoms with Gasteiger partial charge in [0.05, 0.1) is 11.1 Å². The number of carbonyl (C=O) groups excluding carboxylic acids is 1. The second-order valence-electron chi connectivity index (χ2n) is 8.79. The molecule has 1 aliphatic rings. The lowest BCUT2D eigenvalue weighted by molar-refractivity contribution is -0.137. The molecule has 11 heteroatoms. The van der Waals surface area contributed by atoms with Crippen LogP contribution in [-0.2, 0) is 6.18 Å². The van der Waals surface area contributed by atoms with E-state index < -0.39 is 29.3 Å². The average Bonchev–Trinajstić information content (AvgIpc) is 2.80. The van der Waals surface area contributed by atoms with Crippen molar-refractivity contribution in [2.24, 2.45) is 0 Å². The summed E-state index contributed by atoms with van der Waals surface area (Å²) in [6.45, 7) is 0. The SMILES string of the molecule is CN(C)c1nc(N[C@H]2CC[C@@H](NC(=O)c3cccc(C(F)(F)F)c3)CC2)nc2cc(F)c(F)cc12. The van der Waals surface area contributed by atoms with Crippen LogP contribution in [0.2, 0.25) is 0 Å². The predicted octanol–water partition coefficient (Wildman–Crippen LogP) is 5.15. The maximum Gasteiger partial charge on any atom is 0.416 e. The summed E-state index contributed by atoms with van der Waals surface area (Å²) >= 11 is 0. The lowest BCUT2D eigenvalue weighted by Crippen LogP contribution is -2.40. The van der Waals surface area contributed by atoms with Crippen molar-refractivity contribution in [3.8, 4) is 0 Å². The molecule has 1 amide bonds. The molecule has 186 valence electrons. The van der Waals surface area contributed by atoms with Crippen LogP contribution in [0, 0.1) is 11.6 Å². The summed E-state index contributed by atoms with van der Waals surface area (Å²) in [7, 11) is 3.48. The fraction of sp³-hybridized carbons (Fsp3) is 0.375. The monoisotopic (exact) mass is 493 g/mol. The molecule has 1 aromatic heterocycles. The molecule has 1 heterocycles. The topological polar surface area (TPSA) is 70.2 Å². The van der Waals surface area contributed by atoms with Crippen LogP contribution in [0.5, 0.6) is 0 Å². The number of amides is 1. The molecule has 0 atom stereocenters. The summed E-state index contributed by atoms with van der Waals surface area (Å²) in [6.07, 6.45) is -1.99. The van der Waals surface area contributed by atoms with Gasteiger partial charge in [-0.15, -0.1) is 0 Å². The molecule has 35 heavy (non-hydrogen) atoms. The summed E-state index contributed by atoms with van der Waals surface area (Å²) in [5.41, 5.74) is -0.634. The predicted molar refractivity (Wildman–Crippen MR) is 122 cm³/mol. The number of aromatic nitrogens is 2. The molecule has 0 aliphatic heterocycles. The molecule has 0 bridgehead atoms. The second kappa shape index (κ2) is 9.63. The number of nitrogens with zero attached hydrogens (tertiary/aromatic N) is 3. The van der Waals surface area contributed by atoms with E-state index in [-0.39, 0.29) is 29.1 Å². The molecule has 2 aromatic carbocycles. The number of alkyl halides is 3. The van der Waals surface area contributed by atoms with Crippen LogP contribution in [0.25, 0.3) is 10.9 Å². The fourth-order valence-electron chi connectivity index (χ4n) is 4.18. The highest BCUT2D eigenvalue weighted by molar-refractivity contribution is 5.94. The van der Waals surface area contributed by atoms with Gasteiger partial charge >= 0.3 is 6.18 Å². The Morgan fingerprint density at radius 2 is 1.63 bits per heavy atom. The molecule has 4 rings (SSSR count). The highest BCUT2D eigenvalue weighted by Crippen LogP contribution is 2.30. The number of carbonyl (C=O) groups is 1. The van der Waals surface area contributed by atoms with Crippen LogP contribution in [0.4, 0.5) is 33.7 Å². The number of halogens is 5. The van der Waals surface area contributed by atoms with Gasteiger partial charge in [-0.3, -0.25) is 4.79 Å². The molecule has 0 saturated heterocycles. The average molecular weight is 493 g/mol. The summed E-state index contributed by atoms with van der Waals surface area (Å²) in [4.78, 5) is 22.9. The Morgan fingerprint density at radius 1 is 0.971 bits per heavy atom. The molecule has 1 aliphatic carbocycles. The number of hydrogen-bond acceptors (Lipinski definition) is 5. The van der Waals surface area contributed by atoms with Crippen LogP contribution in [0.1, 0.15) is 41.6 Å². The minimum atomic E-state index is -4.52. The van der Waals surface area contributed by atoms with Crippen LogP contribution < -0.4 is 15.5 Å². The van der Waals surface area contributed by atoms with Gasteiger partial charge in [0.25, 0.3) is 5.91 Å². The molecular formula is C24H24F5N5O. The van der Waals surface area contributed by atoms with Crippen LogP contribution in [0.15, 0.2) is 36.4 Å².